The van der Waals surface area contributed by atoms with E-state index in [2.05, 4.69) is 20.9 Å². The molecular formula is C14H14BrN3O2. The molecule has 0 atom stereocenters. The summed E-state index contributed by atoms with van der Waals surface area (Å²) in [5.74, 6) is -0.468. The first-order valence-corrected chi connectivity index (χ1v) is 6.71. The lowest BCUT2D eigenvalue weighted by molar-refractivity contribution is 0.0696. The molecule has 0 saturated carbocycles. The highest BCUT2D eigenvalue weighted by molar-refractivity contribution is 9.10. The van der Waals surface area contributed by atoms with E-state index in [-0.39, 0.29) is 5.56 Å². The lowest BCUT2D eigenvalue weighted by Gasteiger charge is -2.20. The van der Waals surface area contributed by atoms with Gasteiger partial charge in [-0.25, -0.2) is 9.78 Å². The zero-order chi connectivity index (χ0) is 14.7. The normalized spacial score (nSPS) is 10.3. The maximum atomic E-state index is 10.8. The molecule has 0 aliphatic heterocycles. The van der Waals surface area contributed by atoms with Crippen LogP contribution in [0.5, 0.6) is 0 Å². The first-order chi connectivity index (χ1) is 9.47. The third-order valence-corrected chi connectivity index (χ3v) is 3.37. The summed E-state index contributed by atoms with van der Waals surface area (Å²) in [5.41, 5.74) is 7.41. The Balaban J connectivity index is 2.18. The van der Waals surface area contributed by atoms with Crippen LogP contribution < -0.4 is 10.6 Å². The minimum Gasteiger partial charge on any atom is -0.478 e. The molecule has 0 spiro atoms. The number of anilines is 2. The summed E-state index contributed by atoms with van der Waals surface area (Å²) in [7, 11) is 1.86. The van der Waals surface area contributed by atoms with Crippen LogP contribution in [0.3, 0.4) is 0 Å². The Kier molecular flexibility index (Phi) is 4.24. The van der Waals surface area contributed by atoms with Crippen LogP contribution in [0.25, 0.3) is 0 Å². The van der Waals surface area contributed by atoms with Gasteiger partial charge in [-0.3, -0.25) is 0 Å². The number of carboxylic acids is 1. The number of nitrogens with two attached hydrogens (primary N) is 1. The Bertz CT molecular complexity index is 629. The van der Waals surface area contributed by atoms with Gasteiger partial charge in [-0.1, -0.05) is 28.1 Å². The fraction of sp³-hybridized carbons (Fsp3) is 0.143. The molecule has 0 saturated heterocycles. The Morgan fingerprint density at radius 3 is 2.60 bits per heavy atom. The highest BCUT2D eigenvalue weighted by Gasteiger charge is 2.11. The molecule has 0 bridgehead atoms. The quantitative estimate of drug-likeness (QED) is 0.897. The molecule has 0 aliphatic carbocycles. The summed E-state index contributed by atoms with van der Waals surface area (Å²) in [6.07, 6.45) is 1.31. The number of halogens is 1. The van der Waals surface area contributed by atoms with Crippen molar-refractivity contribution in [2.24, 2.45) is 0 Å². The van der Waals surface area contributed by atoms with Gasteiger partial charge in [-0.05, 0) is 23.8 Å². The van der Waals surface area contributed by atoms with Gasteiger partial charge in [0.2, 0.25) is 0 Å². The van der Waals surface area contributed by atoms with Crippen LogP contribution in [-0.4, -0.2) is 23.1 Å². The van der Waals surface area contributed by atoms with Crippen molar-refractivity contribution in [2.45, 2.75) is 6.54 Å². The SMILES string of the molecule is CN(Cc1ccc(Br)cc1)c1ncc(C(=O)O)cc1N. The molecule has 1 heterocycles. The van der Waals surface area contributed by atoms with Crippen molar-refractivity contribution < 1.29 is 9.90 Å². The molecule has 2 aromatic rings. The predicted molar refractivity (Wildman–Crippen MR) is 81.9 cm³/mol. The van der Waals surface area contributed by atoms with E-state index in [0.29, 0.717) is 18.1 Å². The molecule has 104 valence electrons. The standard InChI is InChI=1S/C14H14BrN3O2/c1-18(8-9-2-4-11(15)5-3-9)13-12(16)6-10(7-17-13)14(19)20/h2-7H,8,16H2,1H3,(H,19,20). The number of hydrogen-bond acceptors (Lipinski definition) is 4. The molecule has 2 rings (SSSR count). The van der Waals surface area contributed by atoms with Crippen LogP contribution in [0.1, 0.15) is 15.9 Å². The maximum Gasteiger partial charge on any atom is 0.337 e. The second-order valence-corrected chi connectivity index (χ2v) is 5.34. The molecule has 3 N–H and O–H groups in total. The summed E-state index contributed by atoms with van der Waals surface area (Å²) in [6, 6.07) is 9.36. The van der Waals surface area contributed by atoms with Gasteiger partial charge in [-0.15, -0.1) is 0 Å². The minimum atomic E-state index is -1.04. The van der Waals surface area contributed by atoms with Crippen molar-refractivity contribution in [1.82, 2.24) is 4.98 Å². The molecule has 0 aliphatic rings. The molecule has 1 aromatic carbocycles. The monoisotopic (exact) mass is 335 g/mol. The van der Waals surface area contributed by atoms with E-state index in [0.717, 1.165) is 10.0 Å². The summed E-state index contributed by atoms with van der Waals surface area (Å²) in [4.78, 5) is 16.8. The van der Waals surface area contributed by atoms with Gasteiger partial charge < -0.3 is 15.7 Å². The van der Waals surface area contributed by atoms with Crippen LogP contribution in [-0.2, 0) is 6.54 Å². The number of hydrogen-bond donors (Lipinski definition) is 2. The van der Waals surface area contributed by atoms with Gasteiger partial charge in [0.1, 0.15) is 0 Å². The lowest BCUT2D eigenvalue weighted by Crippen LogP contribution is -2.19. The number of nitrogen functional groups attached to an aromatic ring is 1. The van der Waals surface area contributed by atoms with Crippen molar-refractivity contribution in [3.8, 4) is 0 Å². The zero-order valence-electron chi connectivity index (χ0n) is 10.9. The number of nitrogens with zero attached hydrogens (tertiary/aromatic N) is 2. The van der Waals surface area contributed by atoms with Gasteiger partial charge in [0.05, 0.1) is 11.3 Å². The van der Waals surface area contributed by atoms with E-state index >= 15 is 0 Å². The maximum absolute atomic E-state index is 10.8. The molecule has 1 aromatic heterocycles. The van der Waals surface area contributed by atoms with E-state index in [4.69, 9.17) is 10.8 Å². The van der Waals surface area contributed by atoms with Gasteiger partial charge in [0.15, 0.2) is 5.82 Å². The molecule has 0 radical (unpaired) electrons. The Labute approximate surface area is 125 Å². The third kappa shape index (κ3) is 3.27. The molecule has 0 fully saturated rings. The molecule has 6 heteroatoms. The summed E-state index contributed by atoms with van der Waals surface area (Å²) < 4.78 is 1.02. The number of carboxylic acid groups (broad SMARTS) is 1. The van der Waals surface area contributed by atoms with E-state index in [1.165, 1.54) is 12.3 Å². The smallest absolute Gasteiger partial charge is 0.337 e. The second kappa shape index (κ2) is 5.92. The first kappa shape index (κ1) is 14.3. The van der Waals surface area contributed by atoms with Crippen LogP contribution in [0, 0.1) is 0 Å². The Morgan fingerprint density at radius 2 is 2.05 bits per heavy atom. The van der Waals surface area contributed by atoms with Crippen molar-refractivity contribution in [3.63, 3.8) is 0 Å². The lowest BCUT2D eigenvalue weighted by atomic mass is 10.2. The van der Waals surface area contributed by atoms with Crippen molar-refractivity contribution in [2.75, 3.05) is 17.7 Å². The molecule has 0 amide bonds. The summed E-state index contributed by atoms with van der Waals surface area (Å²) in [6.45, 7) is 0.636. The fourth-order valence-electron chi connectivity index (χ4n) is 1.85. The van der Waals surface area contributed by atoms with E-state index in [1.807, 2.05) is 36.2 Å². The fourth-order valence-corrected chi connectivity index (χ4v) is 2.11. The van der Waals surface area contributed by atoms with Gasteiger partial charge in [0.25, 0.3) is 0 Å². The largest absolute Gasteiger partial charge is 0.478 e. The highest BCUT2D eigenvalue weighted by Crippen LogP contribution is 2.22. The van der Waals surface area contributed by atoms with E-state index in [9.17, 15) is 4.79 Å². The number of rotatable bonds is 4. The number of pyridine rings is 1. The Hall–Kier alpha value is -2.08. The van der Waals surface area contributed by atoms with E-state index < -0.39 is 5.97 Å². The summed E-state index contributed by atoms with van der Waals surface area (Å²) in [5, 5.41) is 8.89. The third-order valence-electron chi connectivity index (χ3n) is 2.84. The van der Waals surface area contributed by atoms with Crippen LogP contribution in [0.15, 0.2) is 41.0 Å². The minimum absolute atomic E-state index is 0.0864. The first-order valence-electron chi connectivity index (χ1n) is 5.92. The van der Waals surface area contributed by atoms with Crippen LogP contribution in [0.2, 0.25) is 0 Å². The number of aromatic carboxylic acids is 1. The van der Waals surface area contributed by atoms with Crippen LogP contribution >= 0.6 is 15.9 Å². The van der Waals surface area contributed by atoms with Crippen molar-refractivity contribution in [1.29, 1.82) is 0 Å². The molecule has 20 heavy (non-hydrogen) atoms. The van der Waals surface area contributed by atoms with Gasteiger partial charge in [0, 0.05) is 24.3 Å². The topological polar surface area (TPSA) is 79.5 Å². The average Bonchev–Trinajstić information content (AvgIpc) is 2.41. The molecular weight excluding hydrogens is 322 g/mol. The highest BCUT2D eigenvalue weighted by atomic mass is 79.9. The number of aromatic nitrogens is 1. The summed E-state index contributed by atoms with van der Waals surface area (Å²) >= 11 is 3.39. The predicted octanol–water partition coefficient (Wildman–Crippen LogP) is 2.76. The zero-order valence-corrected chi connectivity index (χ0v) is 12.5. The second-order valence-electron chi connectivity index (χ2n) is 4.42. The van der Waals surface area contributed by atoms with Crippen molar-refractivity contribution >= 4 is 33.4 Å². The number of benzene rings is 1. The van der Waals surface area contributed by atoms with Crippen molar-refractivity contribution in [3.05, 3.63) is 52.1 Å². The van der Waals surface area contributed by atoms with Gasteiger partial charge >= 0.3 is 5.97 Å². The van der Waals surface area contributed by atoms with Gasteiger partial charge in [-0.2, -0.15) is 0 Å². The molecule has 5 nitrogen and oxygen atoms in total. The number of carbonyl (C=O) groups is 1. The van der Waals surface area contributed by atoms with E-state index in [1.54, 1.807) is 0 Å². The van der Waals surface area contributed by atoms with Crippen LogP contribution in [0.4, 0.5) is 11.5 Å². The molecule has 0 unspecified atom stereocenters. The Morgan fingerprint density at radius 1 is 1.40 bits per heavy atom. The average molecular weight is 336 g/mol.